The summed E-state index contributed by atoms with van der Waals surface area (Å²) in [4.78, 5) is 4.38. The smallest absolute Gasteiger partial charge is 0.144 e. The van der Waals surface area contributed by atoms with Crippen molar-refractivity contribution in [3.05, 3.63) is 28.8 Å². The van der Waals surface area contributed by atoms with Crippen LogP contribution in [0.1, 0.15) is 32.1 Å². The second-order valence-electron chi connectivity index (χ2n) is 4.04. The van der Waals surface area contributed by atoms with E-state index in [1.165, 1.54) is 6.07 Å². The molecule has 2 nitrogen and oxygen atoms in total. The van der Waals surface area contributed by atoms with Gasteiger partial charge in [0.2, 0.25) is 0 Å². The molecule has 92 valence electrons. The molecule has 1 unspecified atom stereocenters. The monoisotopic (exact) mass is 274 g/mol. The Hall–Kier alpha value is -0.800. The molecule has 5 heteroatoms. The van der Waals surface area contributed by atoms with Gasteiger partial charge in [-0.15, -0.1) is 11.6 Å². The number of benzene rings is 1. The summed E-state index contributed by atoms with van der Waals surface area (Å²) in [6.07, 6.45) is 0.930. The minimum absolute atomic E-state index is 0.0902. The number of aromatic nitrogens is 2. The second-order valence-corrected chi connectivity index (χ2v) is 4.72. The fourth-order valence-electron chi connectivity index (χ4n) is 1.91. The third-order valence-corrected chi connectivity index (χ3v) is 3.48. The van der Waals surface area contributed by atoms with Crippen molar-refractivity contribution >= 4 is 34.2 Å². The Morgan fingerprint density at radius 3 is 2.76 bits per heavy atom. The summed E-state index contributed by atoms with van der Waals surface area (Å²) in [5, 5.41) is 0.0902. The van der Waals surface area contributed by atoms with Crippen molar-refractivity contribution in [3.63, 3.8) is 0 Å². The largest absolute Gasteiger partial charge is 0.324 e. The van der Waals surface area contributed by atoms with Crippen molar-refractivity contribution in [2.75, 3.05) is 0 Å². The van der Waals surface area contributed by atoms with Crippen molar-refractivity contribution in [2.45, 2.75) is 32.2 Å². The molecule has 1 aromatic carbocycles. The first-order chi connectivity index (χ1) is 8.08. The van der Waals surface area contributed by atoms with Gasteiger partial charge in [0.1, 0.15) is 11.6 Å². The summed E-state index contributed by atoms with van der Waals surface area (Å²) in [6.45, 7) is 4.13. The molecule has 0 aliphatic heterocycles. The van der Waals surface area contributed by atoms with Crippen LogP contribution >= 0.6 is 23.2 Å². The lowest BCUT2D eigenvalue weighted by Crippen LogP contribution is -2.07. The van der Waals surface area contributed by atoms with Crippen LogP contribution in [0.5, 0.6) is 0 Å². The van der Waals surface area contributed by atoms with E-state index in [-0.39, 0.29) is 11.1 Å². The second kappa shape index (κ2) is 4.83. The Morgan fingerprint density at radius 1 is 1.47 bits per heavy atom. The van der Waals surface area contributed by atoms with Crippen molar-refractivity contribution < 1.29 is 4.39 Å². The maximum atomic E-state index is 13.5. The molecule has 0 fully saturated rings. The number of halogens is 3. The Morgan fingerprint density at radius 2 is 2.18 bits per heavy atom. The lowest BCUT2D eigenvalue weighted by atomic mass is 10.2. The molecule has 0 amide bonds. The first kappa shape index (κ1) is 12.7. The minimum Gasteiger partial charge on any atom is -0.324 e. The SMILES string of the molecule is CCC(C)n1c(CCl)nc2cc(Cl)c(F)cc21. The molecule has 1 aromatic heterocycles. The number of hydrogen-bond acceptors (Lipinski definition) is 1. The van der Waals surface area contributed by atoms with E-state index in [4.69, 9.17) is 23.2 Å². The van der Waals surface area contributed by atoms with E-state index < -0.39 is 5.82 Å². The lowest BCUT2D eigenvalue weighted by Gasteiger charge is -2.14. The normalized spacial score (nSPS) is 13.2. The predicted octanol–water partition coefficient (Wildman–Crippen LogP) is 4.54. The number of hydrogen-bond donors (Lipinski definition) is 0. The van der Waals surface area contributed by atoms with Crippen LogP contribution in [0.2, 0.25) is 5.02 Å². The third kappa shape index (κ3) is 2.14. The maximum absolute atomic E-state index is 13.5. The average molecular weight is 275 g/mol. The zero-order valence-corrected chi connectivity index (χ0v) is 11.2. The van der Waals surface area contributed by atoms with Crippen LogP contribution in [-0.2, 0) is 5.88 Å². The minimum atomic E-state index is -0.426. The van der Waals surface area contributed by atoms with E-state index in [0.29, 0.717) is 11.4 Å². The van der Waals surface area contributed by atoms with Crippen LogP contribution in [0.4, 0.5) is 4.39 Å². The molecule has 1 atom stereocenters. The Labute approximate surface area is 109 Å². The molecule has 0 bridgehead atoms. The number of rotatable bonds is 3. The number of fused-ring (bicyclic) bond motifs is 1. The molecule has 0 spiro atoms. The van der Waals surface area contributed by atoms with Crippen LogP contribution in [0, 0.1) is 5.82 Å². The van der Waals surface area contributed by atoms with Gasteiger partial charge in [-0.1, -0.05) is 18.5 Å². The Kier molecular flexibility index (Phi) is 3.59. The van der Waals surface area contributed by atoms with E-state index in [2.05, 4.69) is 18.8 Å². The molecule has 2 rings (SSSR count). The Balaban J connectivity index is 2.74. The van der Waals surface area contributed by atoms with Gasteiger partial charge in [0.15, 0.2) is 0 Å². The van der Waals surface area contributed by atoms with E-state index >= 15 is 0 Å². The van der Waals surface area contributed by atoms with Gasteiger partial charge in [-0.05, 0) is 19.4 Å². The van der Waals surface area contributed by atoms with E-state index in [0.717, 1.165) is 17.8 Å². The molecule has 0 saturated heterocycles. The van der Waals surface area contributed by atoms with Crippen LogP contribution in [0.3, 0.4) is 0 Å². The summed E-state index contributed by atoms with van der Waals surface area (Å²) < 4.78 is 15.5. The summed E-state index contributed by atoms with van der Waals surface area (Å²) in [7, 11) is 0. The highest BCUT2D eigenvalue weighted by molar-refractivity contribution is 6.31. The van der Waals surface area contributed by atoms with Gasteiger partial charge in [-0.2, -0.15) is 0 Å². The highest BCUT2D eigenvalue weighted by Crippen LogP contribution is 2.28. The van der Waals surface area contributed by atoms with Gasteiger partial charge in [0.25, 0.3) is 0 Å². The average Bonchev–Trinajstić information content (AvgIpc) is 2.66. The molecule has 0 aliphatic rings. The molecular formula is C12H13Cl2FN2. The Bertz CT molecular complexity index is 551. The van der Waals surface area contributed by atoms with Crippen LogP contribution < -0.4 is 0 Å². The lowest BCUT2D eigenvalue weighted by molar-refractivity contribution is 0.529. The van der Waals surface area contributed by atoms with Crippen LogP contribution in [0.15, 0.2) is 12.1 Å². The maximum Gasteiger partial charge on any atom is 0.144 e. The topological polar surface area (TPSA) is 17.8 Å². The summed E-state index contributed by atoms with van der Waals surface area (Å²) in [6, 6.07) is 3.20. The van der Waals surface area contributed by atoms with Crippen molar-refractivity contribution in [1.29, 1.82) is 0 Å². The third-order valence-electron chi connectivity index (χ3n) is 2.96. The molecular weight excluding hydrogens is 262 g/mol. The highest BCUT2D eigenvalue weighted by Gasteiger charge is 2.16. The molecule has 0 radical (unpaired) electrons. The standard InChI is InChI=1S/C12H13Cl2FN2/c1-3-7(2)17-11-5-9(15)8(14)4-10(11)16-12(17)6-13/h4-5,7H,3,6H2,1-2H3. The fraction of sp³-hybridized carbons (Fsp3) is 0.417. The first-order valence-electron chi connectivity index (χ1n) is 5.50. The van der Waals surface area contributed by atoms with Gasteiger partial charge in [-0.3, -0.25) is 0 Å². The number of alkyl halides is 1. The molecule has 0 N–H and O–H groups in total. The van der Waals surface area contributed by atoms with Gasteiger partial charge < -0.3 is 4.57 Å². The number of imidazole rings is 1. The summed E-state index contributed by atoms with van der Waals surface area (Å²) >= 11 is 11.6. The van der Waals surface area contributed by atoms with Gasteiger partial charge >= 0.3 is 0 Å². The van der Waals surface area contributed by atoms with E-state index in [1.807, 2.05) is 4.57 Å². The zero-order chi connectivity index (χ0) is 12.6. The molecule has 0 saturated carbocycles. The summed E-state index contributed by atoms with van der Waals surface area (Å²) in [5.41, 5.74) is 1.43. The van der Waals surface area contributed by atoms with Crippen molar-refractivity contribution in [1.82, 2.24) is 9.55 Å². The molecule has 17 heavy (non-hydrogen) atoms. The molecule has 0 aliphatic carbocycles. The van der Waals surface area contributed by atoms with E-state index in [1.54, 1.807) is 6.07 Å². The summed E-state index contributed by atoms with van der Waals surface area (Å²) in [5.74, 6) is 0.626. The molecule has 1 heterocycles. The van der Waals surface area contributed by atoms with Crippen molar-refractivity contribution in [3.8, 4) is 0 Å². The highest BCUT2D eigenvalue weighted by atomic mass is 35.5. The quantitative estimate of drug-likeness (QED) is 0.752. The van der Waals surface area contributed by atoms with Gasteiger partial charge in [0, 0.05) is 12.1 Å². The van der Waals surface area contributed by atoms with Crippen LogP contribution in [0.25, 0.3) is 11.0 Å². The van der Waals surface area contributed by atoms with Gasteiger partial charge in [0.05, 0.1) is 21.9 Å². The number of nitrogens with zero attached hydrogens (tertiary/aromatic N) is 2. The van der Waals surface area contributed by atoms with Crippen LogP contribution in [-0.4, -0.2) is 9.55 Å². The van der Waals surface area contributed by atoms with Crippen molar-refractivity contribution in [2.24, 2.45) is 0 Å². The van der Waals surface area contributed by atoms with E-state index in [9.17, 15) is 4.39 Å². The first-order valence-corrected chi connectivity index (χ1v) is 6.41. The predicted molar refractivity (Wildman–Crippen MR) is 69.3 cm³/mol. The van der Waals surface area contributed by atoms with Gasteiger partial charge in [-0.25, -0.2) is 9.37 Å². The zero-order valence-electron chi connectivity index (χ0n) is 9.67. The fourth-order valence-corrected chi connectivity index (χ4v) is 2.26. The molecule has 2 aromatic rings.